The second-order valence-corrected chi connectivity index (χ2v) is 3.23. The Morgan fingerprint density at radius 3 is 1.71 bits per heavy atom. The Kier molecular flexibility index (Phi) is 4.17. The molecule has 2 aromatic rings. The zero-order valence-electron chi connectivity index (χ0n) is 7.70. The largest absolute Gasteiger partial charge is 0.316 e. The highest BCUT2D eigenvalue weighted by Crippen LogP contribution is 2.18. The molecule has 1 heteroatoms. The van der Waals surface area contributed by atoms with Crippen molar-refractivity contribution < 1.29 is 0 Å². The SMILES string of the molecule is Cc1ccc(-c2ccccc2)cc1.[MgH2]. The first kappa shape index (κ1) is 11.3. The fourth-order valence-electron chi connectivity index (χ4n) is 1.38. The predicted molar refractivity (Wildman–Crippen MR) is 65.2 cm³/mol. The highest BCUT2D eigenvalue weighted by Gasteiger charge is 1.93. The van der Waals surface area contributed by atoms with Gasteiger partial charge in [0.1, 0.15) is 0 Å². The lowest BCUT2D eigenvalue weighted by molar-refractivity contribution is 1.47. The maximum absolute atomic E-state index is 2.16. The third kappa shape index (κ3) is 2.60. The molecule has 0 saturated heterocycles. The summed E-state index contributed by atoms with van der Waals surface area (Å²) in [5.74, 6) is 0. The maximum Gasteiger partial charge on any atom is 0.316 e. The van der Waals surface area contributed by atoms with Gasteiger partial charge in [-0.25, -0.2) is 0 Å². The smallest absolute Gasteiger partial charge is 0.0622 e. The highest BCUT2D eigenvalue weighted by atomic mass is 24.3. The van der Waals surface area contributed by atoms with Crippen molar-refractivity contribution in [3.8, 4) is 11.1 Å². The summed E-state index contributed by atoms with van der Waals surface area (Å²) in [5, 5.41) is 0. The van der Waals surface area contributed by atoms with Gasteiger partial charge in [0.15, 0.2) is 0 Å². The number of rotatable bonds is 1. The molecular formula is C13H14Mg. The summed E-state index contributed by atoms with van der Waals surface area (Å²) < 4.78 is 0. The van der Waals surface area contributed by atoms with Gasteiger partial charge < -0.3 is 0 Å². The van der Waals surface area contributed by atoms with Gasteiger partial charge in [0.2, 0.25) is 0 Å². The van der Waals surface area contributed by atoms with Crippen molar-refractivity contribution >= 4 is 23.1 Å². The lowest BCUT2D eigenvalue weighted by Crippen LogP contribution is -1.76. The normalized spacial score (nSPS) is 9.21. The molecule has 0 aliphatic rings. The van der Waals surface area contributed by atoms with E-state index in [1.54, 1.807) is 0 Å². The second-order valence-electron chi connectivity index (χ2n) is 3.23. The standard InChI is InChI=1S/C13H12.Mg.2H/c1-11-7-9-13(10-8-11)12-5-3-2-4-6-12;;;/h2-10H,1H3;;;. The molecular weight excluding hydrogens is 180 g/mol. The number of aryl methyl sites for hydroxylation is 1. The minimum Gasteiger partial charge on any atom is -0.0622 e. The Morgan fingerprint density at radius 1 is 0.643 bits per heavy atom. The van der Waals surface area contributed by atoms with Crippen LogP contribution in [0.2, 0.25) is 0 Å². The van der Waals surface area contributed by atoms with E-state index in [1.807, 2.05) is 6.07 Å². The molecule has 68 valence electrons. The first-order valence-corrected chi connectivity index (χ1v) is 4.48. The molecule has 0 aliphatic carbocycles. The van der Waals surface area contributed by atoms with Crippen LogP contribution in [0.3, 0.4) is 0 Å². The molecule has 0 heterocycles. The van der Waals surface area contributed by atoms with Gasteiger partial charge in [-0.2, -0.15) is 0 Å². The molecule has 0 spiro atoms. The first-order valence-electron chi connectivity index (χ1n) is 4.48. The molecule has 0 bridgehead atoms. The molecule has 0 atom stereocenters. The maximum atomic E-state index is 2.16. The van der Waals surface area contributed by atoms with Gasteiger partial charge in [0, 0.05) is 0 Å². The average molecular weight is 195 g/mol. The first-order chi connectivity index (χ1) is 6.36. The molecule has 0 fully saturated rings. The number of hydrogen-bond donors (Lipinski definition) is 0. The fourth-order valence-corrected chi connectivity index (χ4v) is 1.38. The van der Waals surface area contributed by atoms with Crippen molar-refractivity contribution in [1.29, 1.82) is 0 Å². The summed E-state index contributed by atoms with van der Waals surface area (Å²) in [6.45, 7) is 2.11. The van der Waals surface area contributed by atoms with E-state index in [4.69, 9.17) is 0 Å². The van der Waals surface area contributed by atoms with Gasteiger partial charge in [-0.15, -0.1) is 0 Å². The molecule has 2 aromatic carbocycles. The van der Waals surface area contributed by atoms with Crippen molar-refractivity contribution in [2.45, 2.75) is 6.92 Å². The van der Waals surface area contributed by atoms with Crippen LogP contribution in [0.25, 0.3) is 11.1 Å². The molecule has 0 unspecified atom stereocenters. The molecule has 14 heavy (non-hydrogen) atoms. The second kappa shape index (κ2) is 5.18. The van der Waals surface area contributed by atoms with Crippen LogP contribution in [0.1, 0.15) is 5.56 Å². The summed E-state index contributed by atoms with van der Waals surface area (Å²) in [4.78, 5) is 0. The predicted octanol–water partition coefficient (Wildman–Crippen LogP) is 2.75. The molecule has 0 nitrogen and oxygen atoms in total. The van der Waals surface area contributed by atoms with Crippen LogP contribution in [-0.4, -0.2) is 23.1 Å². The van der Waals surface area contributed by atoms with Crippen molar-refractivity contribution in [3.05, 3.63) is 60.2 Å². The molecule has 2 rings (SSSR count). The third-order valence-corrected chi connectivity index (χ3v) is 2.16. The van der Waals surface area contributed by atoms with Crippen LogP contribution < -0.4 is 0 Å². The minimum atomic E-state index is 0. The van der Waals surface area contributed by atoms with Crippen molar-refractivity contribution in [2.75, 3.05) is 0 Å². The van der Waals surface area contributed by atoms with E-state index in [0.29, 0.717) is 0 Å². The minimum absolute atomic E-state index is 0. The van der Waals surface area contributed by atoms with E-state index in [1.165, 1.54) is 16.7 Å². The van der Waals surface area contributed by atoms with Crippen LogP contribution in [0, 0.1) is 6.92 Å². The Hall–Kier alpha value is -0.794. The molecule has 0 amide bonds. The third-order valence-electron chi connectivity index (χ3n) is 2.16. The fraction of sp³-hybridized carbons (Fsp3) is 0.0769. The summed E-state index contributed by atoms with van der Waals surface area (Å²) in [6, 6.07) is 19.0. The van der Waals surface area contributed by atoms with Crippen LogP contribution in [-0.2, 0) is 0 Å². The lowest BCUT2D eigenvalue weighted by atomic mass is 10.0. The zero-order valence-corrected chi connectivity index (χ0v) is 7.70. The van der Waals surface area contributed by atoms with Gasteiger partial charge in [-0.3, -0.25) is 0 Å². The van der Waals surface area contributed by atoms with E-state index in [0.717, 1.165) is 0 Å². The quantitative estimate of drug-likeness (QED) is 0.613. The van der Waals surface area contributed by atoms with Crippen LogP contribution >= 0.6 is 0 Å². The van der Waals surface area contributed by atoms with Gasteiger partial charge in [-0.05, 0) is 18.1 Å². The molecule has 0 radical (unpaired) electrons. The average Bonchev–Trinajstić information content (AvgIpc) is 2.20. The van der Waals surface area contributed by atoms with Crippen molar-refractivity contribution in [3.63, 3.8) is 0 Å². The van der Waals surface area contributed by atoms with Crippen molar-refractivity contribution in [1.82, 2.24) is 0 Å². The zero-order chi connectivity index (χ0) is 9.10. The van der Waals surface area contributed by atoms with E-state index >= 15 is 0 Å². The summed E-state index contributed by atoms with van der Waals surface area (Å²) >= 11 is 0. The van der Waals surface area contributed by atoms with E-state index < -0.39 is 0 Å². The lowest BCUT2D eigenvalue weighted by Gasteiger charge is -2.00. The Bertz CT molecular complexity index is 376. The van der Waals surface area contributed by atoms with Crippen LogP contribution in [0.5, 0.6) is 0 Å². The van der Waals surface area contributed by atoms with Crippen LogP contribution in [0.15, 0.2) is 54.6 Å². The number of benzene rings is 2. The molecule has 0 aromatic heterocycles. The Labute approximate surface area is 101 Å². The highest BCUT2D eigenvalue weighted by molar-refractivity contribution is 5.75. The Balaban J connectivity index is 0.000000980. The summed E-state index contributed by atoms with van der Waals surface area (Å²) in [5.41, 5.74) is 3.87. The van der Waals surface area contributed by atoms with Gasteiger partial charge in [-0.1, -0.05) is 60.2 Å². The summed E-state index contributed by atoms with van der Waals surface area (Å²) in [7, 11) is 0. The van der Waals surface area contributed by atoms with Gasteiger partial charge >= 0.3 is 23.1 Å². The molecule has 0 N–H and O–H groups in total. The monoisotopic (exact) mass is 194 g/mol. The van der Waals surface area contributed by atoms with Crippen molar-refractivity contribution in [2.24, 2.45) is 0 Å². The topological polar surface area (TPSA) is 0 Å². The van der Waals surface area contributed by atoms with Crippen LogP contribution in [0.4, 0.5) is 0 Å². The number of hydrogen-bond acceptors (Lipinski definition) is 0. The van der Waals surface area contributed by atoms with E-state index in [-0.39, 0.29) is 23.1 Å². The van der Waals surface area contributed by atoms with E-state index in [2.05, 4.69) is 55.5 Å². The molecule has 0 saturated carbocycles. The van der Waals surface area contributed by atoms with Gasteiger partial charge in [0.25, 0.3) is 0 Å². The Morgan fingerprint density at radius 2 is 1.14 bits per heavy atom. The molecule has 0 aliphatic heterocycles. The van der Waals surface area contributed by atoms with Gasteiger partial charge in [0.05, 0.1) is 0 Å². The van der Waals surface area contributed by atoms with E-state index in [9.17, 15) is 0 Å². The summed E-state index contributed by atoms with van der Waals surface area (Å²) in [6.07, 6.45) is 0.